The maximum atomic E-state index is 12.9. The third-order valence-electron chi connectivity index (χ3n) is 6.03. The van der Waals surface area contributed by atoms with Crippen LogP contribution in [-0.4, -0.2) is 41.5 Å². The van der Waals surface area contributed by atoms with Gasteiger partial charge in [-0.1, -0.05) is 54.6 Å². The lowest BCUT2D eigenvalue weighted by Crippen LogP contribution is -2.37. The summed E-state index contributed by atoms with van der Waals surface area (Å²) in [6.07, 6.45) is 2.35. The van der Waals surface area contributed by atoms with Crippen LogP contribution in [0.2, 0.25) is 0 Å². The van der Waals surface area contributed by atoms with E-state index in [1.165, 1.54) is 5.56 Å². The van der Waals surface area contributed by atoms with E-state index >= 15 is 0 Å². The van der Waals surface area contributed by atoms with Crippen molar-refractivity contribution in [3.05, 3.63) is 89.1 Å². The Hall–Kier alpha value is -3.54. The first-order valence-corrected chi connectivity index (χ1v) is 11.1. The number of carbonyl (C=O) groups is 2. The molecule has 32 heavy (non-hydrogen) atoms. The maximum Gasteiger partial charge on any atom is 0.271 e. The summed E-state index contributed by atoms with van der Waals surface area (Å²) in [5, 5.41) is 11.3. The molecular weight excluding hydrogens is 400 g/mol. The van der Waals surface area contributed by atoms with Crippen molar-refractivity contribution in [1.82, 2.24) is 15.5 Å². The molecule has 4 rings (SSSR count). The van der Waals surface area contributed by atoms with Crippen LogP contribution >= 0.6 is 0 Å². The molecular formula is C26H28N4O2. The van der Waals surface area contributed by atoms with Crippen LogP contribution in [0, 0.1) is 12.8 Å². The van der Waals surface area contributed by atoms with Gasteiger partial charge in [0.1, 0.15) is 0 Å². The largest absolute Gasteiger partial charge is 0.355 e. The van der Waals surface area contributed by atoms with Gasteiger partial charge in [-0.05, 0) is 49.4 Å². The van der Waals surface area contributed by atoms with Gasteiger partial charge in [0.15, 0.2) is 17.3 Å². The molecule has 2 aromatic carbocycles. The van der Waals surface area contributed by atoms with Crippen LogP contribution in [0.15, 0.2) is 66.7 Å². The first-order valence-electron chi connectivity index (χ1n) is 11.1. The van der Waals surface area contributed by atoms with E-state index in [0.717, 1.165) is 49.3 Å². The Labute approximate surface area is 188 Å². The molecule has 0 radical (unpaired) electrons. The number of Topliss-reactive ketones (excluding diaryl/α,β-unsaturated/α-hetero) is 1. The standard InChI is InChI=1S/C26H28N4O2/c1-19-7-5-6-10-22(19)25(31)21-14-17-30(18-15-21)24-12-11-23(28-29-24)26(32)27-16-13-20-8-3-2-4-9-20/h2-12,21H,13-18H2,1H3,(H,27,32). The zero-order valence-electron chi connectivity index (χ0n) is 18.3. The quantitative estimate of drug-likeness (QED) is 0.579. The second-order valence-corrected chi connectivity index (χ2v) is 8.21. The Morgan fingerprint density at radius 3 is 2.34 bits per heavy atom. The van der Waals surface area contributed by atoms with E-state index in [2.05, 4.69) is 20.4 Å². The summed E-state index contributed by atoms with van der Waals surface area (Å²) in [5.74, 6) is 0.793. The lowest BCUT2D eigenvalue weighted by molar-refractivity contribution is 0.0898. The first-order chi connectivity index (χ1) is 15.6. The summed E-state index contributed by atoms with van der Waals surface area (Å²) in [6, 6.07) is 21.4. The van der Waals surface area contributed by atoms with E-state index in [1.807, 2.05) is 67.6 Å². The molecule has 0 aliphatic carbocycles. The number of rotatable bonds is 7. The second-order valence-electron chi connectivity index (χ2n) is 8.21. The summed E-state index contributed by atoms with van der Waals surface area (Å²) >= 11 is 0. The summed E-state index contributed by atoms with van der Waals surface area (Å²) in [5.41, 5.74) is 3.35. The van der Waals surface area contributed by atoms with Crippen LogP contribution in [0.5, 0.6) is 0 Å². The van der Waals surface area contributed by atoms with Gasteiger partial charge in [-0.15, -0.1) is 10.2 Å². The van der Waals surface area contributed by atoms with Gasteiger partial charge in [-0.2, -0.15) is 0 Å². The normalized spacial score (nSPS) is 14.2. The molecule has 1 aromatic heterocycles. The molecule has 1 aliphatic rings. The van der Waals surface area contributed by atoms with Gasteiger partial charge in [-0.3, -0.25) is 9.59 Å². The SMILES string of the molecule is Cc1ccccc1C(=O)C1CCN(c2ccc(C(=O)NCCc3ccccc3)nn2)CC1. The third-order valence-corrected chi connectivity index (χ3v) is 6.03. The molecule has 0 unspecified atom stereocenters. The number of hydrogen-bond donors (Lipinski definition) is 1. The van der Waals surface area contributed by atoms with Gasteiger partial charge in [-0.25, -0.2) is 0 Å². The fraction of sp³-hybridized carbons (Fsp3) is 0.308. The van der Waals surface area contributed by atoms with Crippen molar-refractivity contribution >= 4 is 17.5 Å². The minimum atomic E-state index is -0.220. The Morgan fingerprint density at radius 2 is 1.66 bits per heavy atom. The van der Waals surface area contributed by atoms with E-state index in [0.29, 0.717) is 12.2 Å². The number of hydrogen-bond acceptors (Lipinski definition) is 5. The van der Waals surface area contributed by atoms with Gasteiger partial charge >= 0.3 is 0 Å². The molecule has 164 valence electrons. The van der Waals surface area contributed by atoms with Crippen molar-refractivity contribution < 1.29 is 9.59 Å². The summed E-state index contributed by atoms with van der Waals surface area (Å²) in [4.78, 5) is 27.3. The van der Waals surface area contributed by atoms with Crippen molar-refractivity contribution in [2.24, 2.45) is 5.92 Å². The number of ketones is 1. The molecule has 0 atom stereocenters. The summed E-state index contributed by atoms with van der Waals surface area (Å²) in [7, 11) is 0. The smallest absolute Gasteiger partial charge is 0.271 e. The number of carbonyl (C=O) groups excluding carboxylic acids is 2. The van der Waals surface area contributed by atoms with E-state index in [9.17, 15) is 9.59 Å². The number of nitrogens with zero attached hydrogens (tertiary/aromatic N) is 3. The van der Waals surface area contributed by atoms with Crippen molar-refractivity contribution in [2.45, 2.75) is 26.2 Å². The average molecular weight is 429 g/mol. The molecule has 6 nitrogen and oxygen atoms in total. The fourth-order valence-electron chi connectivity index (χ4n) is 4.11. The topological polar surface area (TPSA) is 75.2 Å². The molecule has 0 saturated carbocycles. The fourth-order valence-corrected chi connectivity index (χ4v) is 4.11. The van der Waals surface area contributed by atoms with Crippen LogP contribution in [0.4, 0.5) is 5.82 Å². The minimum Gasteiger partial charge on any atom is -0.355 e. The number of amides is 1. The molecule has 6 heteroatoms. The van der Waals surface area contributed by atoms with E-state index in [-0.39, 0.29) is 17.6 Å². The molecule has 1 saturated heterocycles. The van der Waals surface area contributed by atoms with Crippen molar-refractivity contribution in [3.63, 3.8) is 0 Å². The third kappa shape index (κ3) is 5.19. The maximum absolute atomic E-state index is 12.9. The van der Waals surface area contributed by atoms with Gasteiger partial charge in [0, 0.05) is 31.1 Å². The van der Waals surface area contributed by atoms with Crippen LogP contribution < -0.4 is 10.2 Å². The average Bonchev–Trinajstić information content (AvgIpc) is 2.85. The molecule has 1 aliphatic heterocycles. The van der Waals surface area contributed by atoms with Crippen LogP contribution in [0.3, 0.4) is 0 Å². The number of aryl methyl sites for hydroxylation is 1. The van der Waals surface area contributed by atoms with Crippen LogP contribution in [0.1, 0.15) is 44.8 Å². The van der Waals surface area contributed by atoms with Gasteiger partial charge in [0.05, 0.1) is 0 Å². The van der Waals surface area contributed by atoms with Crippen LogP contribution in [-0.2, 0) is 6.42 Å². The van der Waals surface area contributed by atoms with Crippen LogP contribution in [0.25, 0.3) is 0 Å². The highest BCUT2D eigenvalue weighted by Crippen LogP contribution is 2.25. The first kappa shape index (κ1) is 21.7. The molecule has 2 heterocycles. The molecule has 1 fully saturated rings. The predicted octanol–water partition coefficient (Wildman–Crippen LogP) is 3.86. The minimum absolute atomic E-state index is 0.0370. The Morgan fingerprint density at radius 1 is 0.938 bits per heavy atom. The van der Waals surface area contributed by atoms with E-state index in [1.54, 1.807) is 6.07 Å². The second kappa shape index (κ2) is 10.2. The molecule has 1 amide bonds. The summed E-state index contributed by atoms with van der Waals surface area (Å²) in [6.45, 7) is 4.03. The van der Waals surface area contributed by atoms with Crippen molar-refractivity contribution in [2.75, 3.05) is 24.5 Å². The Bertz CT molecular complexity index is 1060. The Balaban J connectivity index is 1.28. The number of aromatic nitrogens is 2. The van der Waals surface area contributed by atoms with Gasteiger partial charge in [0.25, 0.3) is 5.91 Å². The highest BCUT2D eigenvalue weighted by Gasteiger charge is 2.27. The van der Waals surface area contributed by atoms with Crippen molar-refractivity contribution in [3.8, 4) is 0 Å². The van der Waals surface area contributed by atoms with Gasteiger partial charge < -0.3 is 10.2 Å². The zero-order valence-corrected chi connectivity index (χ0v) is 18.3. The zero-order chi connectivity index (χ0) is 22.3. The van der Waals surface area contributed by atoms with E-state index in [4.69, 9.17) is 0 Å². The monoisotopic (exact) mass is 428 g/mol. The number of piperidine rings is 1. The number of benzene rings is 2. The number of nitrogens with one attached hydrogen (secondary N) is 1. The molecule has 1 N–H and O–H groups in total. The lowest BCUT2D eigenvalue weighted by atomic mass is 9.87. The molecule has 0 bridgehead atoms. The molecule has 0 spiro atoms. The van der Waals surface area contributed by atoms with Crippen molar-refractivity contribution in [1.29, 1.82) is 0 Å². The highest BCUT2D eigenvalue weighted by atomic mass is 16.2. The summed E-state index contributed by atoms with van der Waals surface area (Å²) < 4.78 is 0. The Kier molecular flexibility index (Phi) is 6.90. The number of anilines is 1. The predicted molar refractivity (Wildman–Crippen MR) is 125 cm³/mol. The van der Waals surface area contributed by atoms with E-state index < -0.39 is 0 Å². The lowest BCUT2D eigenvalue weighted by Gasteiger charge is -2.32. The molecule has 3 aromatic rings. The highest BCUT2D eigenvalue weighted by molar-refractivity contribution is 5.99. The van der Waals surface area contributed by atoms with Gasteiger partial charge in [0.2, 0.25) is 0 Å².